The molecule has 3 rings (SSSR count). The number of rotatable bonds is 3. The standard InChI is InChI=1S/C17H22N2O/c1-19(11-13-4-2-12(10-18)3-5-13)16-6-14-8-17(20)9-15(14)7-16/h2-5,14-17,20H,6-9,11H2,1H3/t14-,15+,16?,17?. The predicted octanol–water partition coefficient (Wildman–Crippen LogP) is 2.54. The van der Waals surface area contributed by atoms with Crippen LogP contribution in [0.4, 0.5) is 0 Å². The number of fused-ring (bicyclic) bond motifs is 1. The van der Waals surface area contributed by atoms with Crippen LogP contribution < -0.4 is 0 Å². The molecule has 1 aromatic carbocycles. The Morgan fingerprint density at radius 3 is 2.30 bits per heavy atom. The molecule has 0 heterocycles. The van der Waals surface area contributed by atoms with E-state index < -0.39 is 0 Å². The zero-order valence-electron chi connectivity index (χ0n) is 12.0. The lowest BCUT2D eigenvalue weighted by Gasteiger charge is -2.25. The summed E-state index contributed by atoms with van der Waals surface area (Å²) < 4.78 is 0. The molecule has 2 aliphatic carbocycles. The van der Waals surface area contributed by atoms with Gasteiger partial charge in [-0.25, -0.2) is 0 Å². The summed E-state index contributed by atoms with van der Waals surface area (Å²) in [6.07, 6.45) is 4.43. The summed E-state index contributed by atoms with van der Waals surface area (Å²) in [5.41, 5.74) is 1.99. The molecule has 1 N–H and O–H groups in total. The van der Waals surface area contributed by atoms with Gasteiger partial charge in [0.25, 0.3) is 0 Å². The minimum absolute atomic E-state index is 0.0465. The number of benzene rings is 1. The first-order valence-corrected chi connectivity index (χ1v) is 7.53. The van der Waals surface area contributed by atoms with Gasteiger partial charge in [-0.1, -0.05) is 12.1 Å². The maximum absolute atomic E-state index is 9.70. The summed E-state index contributed by atoms with van der Waals surface area (Å²) in [5, 5.41) is 18.5. The van der Waals surface area contributed by atoms with E-state index in [0.717, 1.165) is 36.8 Å². The third-order valence-corrected chi connectivity index (χ3v) is 5.10. The molecule has 3 nitrogen and oxygen atoms in total. The lowest BCUT2D eigenvalue weighted by atomic mass is 10.0. The zero-order valence-corrected chi connectivity index (χ0v) is 12.0. The van der Waals surface area contributed by atoms with Crippen LogP contribution in [0.25, 0.3) is 0 Å². The second-order valence-electron chi connectivity index (χ2n) is 6.49. The second-order valence-corrected chi connectivity index (χ2v) is 6.49. The Morgan fingerprint density at radius 2 is 1.75 bits per heavy atom. The van der Waals surface area contributed by atoms with Crippen molar-refractivity contribution in [2.45, 2.75) is 44.4 Å². The summed E-state index contributed by atoms with van der Waals surface area (Å²) in [5.74, 6) is 1.47. The quantitative estimate of drug-likeness (QED) is 0.918. The van der Waals surface area contributed by atoms with Gasteiger partial charge in [0.05, 0.1) is 17.7 Å². The van der Waals surface area contributed by atoms with Crippen LogP contribution in [0.1, 0.15) is 36.8 Å². The van der Waals surface area contributed by atoms with Crippen molar-refractivity contribution in [3.8, 4) is 6.07 Å². The first-order valence-electron chi connectivity index (χ1n) is 7.53. The lowest BCUT2D eigenvalue weighted by Crippen LogP contribution is -2.29. The fourth-order valence-corrected chi connectivity index (χ4v) is 4.01. The highest BCUT2D eigenvalue weighted by atomic mass is 16.3. The average molecular weight is 270 g/mol. The van der Waals surface area contributed by atoms with Gasteiger partial charge >= 0.3 is 0 Å². The normalized spacial score (nSPS) is 32.3. The third-order valence-electron chi connectivity index (χ3n) is 5.10. The van der Waals surface area contributed by atoms with Crippen molar-refractivity contribution in [3.63, 3.8) is 0 Å². The van der Waals surface area contributed by atoms with E-state index in [9.17, 15) is 5.11 Å². The van der Waals surface area contributed by atoms with Crippen LogP contribution in [0.5, 0.6) is 0 Å². The maximum Gasteiger partial charge on any atom is 0.0991 e. The van der Waals surface area contributed by atoms with Crippen LogP contribution in [0.15, 0.2) is 24.3 Å². The molecule has 0 aliphatic heterocycles. The molecule has 0 radical (unpaired) electrons. The van der Waals surface area contributed by atoms with E-state index in [0.29, 0.717) is 6.04 Å². The van der Waals surface area contributed by atoms with Crippen LogP contribution >= 0.6 is 0 Å². The van der Waals surface area contributed by atoms with Crippen molar-refractivity contribution in [2.75, 3.05) is 7.05 Å². The molecule has 0 spiro atoms. The molecular formula is C17H22N2O. The molecule has 0 bridgehead atoms. The van der Waals surface area contributed by atoms with Crippen LogP contribution in [-0.2, 0) is 6.54 Å². The van der Waals surface area contributed by atoms with Crippen LogP contribution in [0.2, 0.25) is 0 Å². The van der Waals surface area contributed by atoms with Crippen molar-refractivity contribution < 1.29 is 5.11 Å². The van der Waals surface area contributed by atoms with Gasteiger partial charge in [0.15, 0.2) is 0 Å². The molecule has 2 fully saturated rings. The van der Waals surface area contributed by atoms with Crippen molar-refractivity contribution in [2.24, 2.45) is 11.8 Å². The molecule has 106 valence electrons. The topological polar surface area (TPSA) is 47.3 Å². The molecular weight excluding hydrogens is 248 g/mol. The Labute approximate surface area is 120 Å². The number of aliphatic hydroxyl groups excluding tert-OH is 1. The largest absolute Gasteiger partial charge is 0.393 e. The molecule has 20 heavy (non-hydrogen) atoms. The summed E-state index contributed by atoms with van der Waals surface area (Å²) >= 11 is 0. The fourth-order valence-electron chi connectivity index (χ4n) is 4.01. The Bertz CT molecular complexity index is 491. The van der Waals surface area contributed by atoms with Crippen LogP contribution in [-0.4, -0.2) is 29.2 Å². The highest BCUT2D eigenvalue weighted by Crippen LogP contribution is 2.45. The molecule has 0 amide bonds. The molecule has 2 aliphatic rings. The maximum atomic E-state index is 9.70. The smallest absolute Gasteiger partial charge is 0.0991 e. The molecule has 0 aromatic heterocycles. The van der Waals surface area contributed by atoms with Gasteiger partial charge in [0.1, 0.15) is 0 Å². The Balaban J connectivity index is 1.57. The monoisotopic (exact) mass is 270 g/mol. The number of hydrogen-bond donors (Lipinski definition) is 1. The minimum Gasteiger partial charge on any atom is -0.393 e. The molecule has 2 saturated carbocycles. The van der Waals surface area contributed by atoms with Gasteiger partial charge in [-0.05, 0) is 62.3 Å². The molecule has 4 atom stereocenters. The fraction of sp³-hybridized carbons (Fsp3) is 0.588. The zero-order chi connectivity index (χ0) is 14.1. The summed E-state index contributed by atoms with van der Waals surface area (Å²) in [7, 11) is 2.19. The first kappa shape index (κ1) is 13.6. The van der Waals surface area contributed by atoms with Crippen molar-refractivity contribution >= 4 is 0 Å². The van der Waals surface area contributed by atoms with Crippen molar-refractivity contribution in [1.29, 1.82) is 5.26 Å². The molecule has 1 aromatic rings. The number of nitrogens with zero attached hydrogens (tertiary/aromatic N) is 2. The Morgan fingerprint density at radius 1 is 1.15 bits per heavy atom. The SMILES string of the molecule is CN(Cc1ccc(C#N)cc1)C1C[C@H]2CC(O)C[C@H]2C1. The van der Waals surface area contributed by atoms with Gasteiger partial charge in [-0.15, -0.1) is 0 Å². The minimum atomic E-state index is -0.0465. The van der Waals surface area contributed by atoms with Crippen molar-refractivity contribution in [3.05, 3.63) is 35.4 Å². The Kier molecular flexibility index (Phi) is 3.78. The highest BCUT2D eigenvalue weighted by Gasteiger charge is 2.42. The molecule has 2 unspecified atom stereocenters. The van der Waals surface area contributed by atoms with E-state index in [1.165, 1.54) is 18.4 Å². The van der Waals surface area contributed by atoms with Crippen LogP contribution in [0.3, 0.4) is 0 Å². The number of nitriles is 1. The molecule has 0 saturated heterocycles. The average Bonchev–Trinajstić information content (AvgIpc) is 2.96. The van der Waals surface area contributed by atoms with Crippen LogP contribution in [0, 0.1) is 23.2 Å². The number of aliphatic hydroxyl groups is 1. The lowest BCUT2D eigenvalue weighted by molar-refractivity contribution is 0.158. The summed E-state index contributed by atoms with van der Waals surface area (Å²) in [6.45, 7) is 0.943. The van der Waals surface area contributed by atoms with Gasteiger partial charge < -0.3 is 5.11 Å². The van der Waals surface area contributed by atoms with E-state index >= 15 is 0 Å². The van der Waals surface area contributed by atoms with Gasteiger partial charge in [0.2, 0.25) is 0 Å². The van der Waals surface area contributed by atoms with E-state index in [4.69, 9.17) is 5.26 Å². The van der Waals surface area contributed by atoms with Gasteiger partial charge in [0, 0.05) is 12.6 Å². The van der Waals surface area contributed by atoms with Crippen molar-refractivity contribution in [1.82, 2.24) is 4.90 Å². The van der Waals surface area contributed by atoms with E-state index in [1.807, 2.05) is 12.1 Å². The summed E-state index contributed by atoms with van der Waals surface area (Å²) in [6, 6.07) is 10.7. The predicted molar refractivity (Wildman–Crippen MR) is 77.9 cm³/mol. The van der Waals surface area contributed by atoms with E-state index in [2.05, 4.69) is 30.1 Å². The van der Waals surface area contributed by atoms with Gasteiger partial charge in [-0.3, -0.25) is 4.90 Å². The third kappa shape index (κ3) is 2.72. The molecule has 3 heteroatoms. The second kappa shape index (κ2) is 5.55. The first-order chi connectivity index (χ1) is 9.65. The number of hydrogen-bond acceptors (Lipinski definition) is 3. The van der Waals surface area contributed by atoms with E-state index in [1.54, 1.807) is 0 Å². The van der Waals surface area contributed by atoms with Gasteiger partial charge in [-0.2, -0.15) is 5.26 Å². The Hall–Kier alpha value is -1.37. The highest BCUT2D eigenvalue weighted by molar-refractivity contribution is 5.31. The summed E-state index contributed by atoms with van der Waals surface area (Å²) in [4.78, 5) is 2.44. The van der Waals surface area contributed by atoms with E-state index in [-0.39, 0.29) is 6.10 Å².